The van der Waals surface area contributed by atoms with E-state index in [1.807, 2.05) is 0 Å². The van der Waals surface area contributed by atoms with E-state index in [2.05, 4.69) is 50.9 Å². The predicted molar refractivity (Wildman–Crippen MR) is 91.3 cm³/mol. The van der Waals surface area contributed by atoms with Crippen molar-refractivity contribution in [1.82, 2.24) is 0 Å². The van der Waals surface area contributed by atoms with Gasteiger partial charge in [-0.1, -0.05) is 13.3 Å². The van der Waals surface area contributed by atoms with Crippen molar-refractivity contribution in [3.8, 4) is 5.75 Å². The second-order valence-electron chi connectivity index (χ2n) is 5.54. The van der Waals surface area contributed by atoms with Gasteiger partial charge in [-0.3, -0.25) is 0 Å². The monoisotopic (exact) mass is 403 g/mol. The van der Waals surface area contributed by atoms with Crippen molar-refractivity contribution >= 4 is 31.9 Å². The van der Waals surface area contributed by atoms with Crippen LogP contribution in [0.25, 0.3) is 0 Å². The molecule has 1 aromatic carbocycles. The fourth-order valence-electron chi connectivity index (χ4n) is 2.98. The number of ether oxygens (including phenoxy) is 1. The zero-order chi connectivity index (χ0) is 14.5. The Morgan fingerprint density at radius 3 is 2.45 bits per heavy atom. The van der Waals surface area contributed by atoms with E-state index in [0.717, 1.165) is 21.1 Å². The second kappa shape index (κ2) is 7.81. The molecular weight excluding hydrogens is 382 g/mol. The van der Waals surface area contributed by atoms with Gasteiger partial charge < -0.3 is 10.5 Å². The van der Waals surface area contributed by atoms with Gasteiger partial charge in [0, 0.05) is 0 Å². The third-order valence-electron chi connectivity index (χ3n) is 4.12. The highest BCUT2D eigenvalue weighted by atomic mass is 79.9. The minimum absolute atomic E-state index is 0.349. The quantitative estimate of drug-likeness (QED) is 0.744. The van der Waals surface area contributed by atoms with E-state index in [9.17, 15) is 0 Å². The molecule has 1 aromatic rings. The van der Waals surface area contributed by atoms with Crippen molar-refractivity contribution < 1.29 is 4.74 Å². The van der Waals surface area contributed by atoms with Crippen molar-refractivity contribution in [1.29, 1.82) is 0 Å². The van der Waals surface area contributed by atoms with Crippen LogP contribution in [-0.4, -0.2) is 12.6 Å². The first kappa shape index (κ1) is 16.3. The molecule has 20 heavy (non-hydrogen) atoms. The first-order valence-electron chi connectivity index (χ1n) is 7.50. The van der Waals surface area contributed by atoms with Crippen LogP contribution in [0.1, 0.15) is 44.6 Å². The molecule has 0 heterocycles. The van der Waals surface area contributed by atoms with E-state index in [-0.39, 0.29) is 0 Å². The van der Waals surface area contributed by atoms with Gasteiger partial charge in [0.15, 0.2) is 0 Å². The molecular formula is C16H23Br2NO. The third kappa shape index (κ3) is 3.99. The van der Waals surface area contributed by atoms with E-state index in [1.165, 1.54) is 37.7 Å². The molecule has 112 valence electrons. The van der Waals surface area contributed by atoms with E-state index < -0.39 is 0 Å². The SMILES string of the molecule is CCC1CCCCC1Oc1c(Br)cc(CCN)cc1Br. The molecule has 1 aliphatic carbocycles. The first-order chi connectivity index (χ1) is 9.65. The fraction of sp³-hybridized carbons (Fsp3) is 0.625. The smallest absolute Gasteiger partial charge is 0.148 e. The van der Waals surface area contributed by atoms with Crippen molar-refractivity contribution in [2.45, 2.75) is 51.6 Å². The normalized spacial score (nSPS) is 22.8. The molecule has 0 amide bonds. The minimum Gasteiger partial charge on any atom is -0.488 e. The molecule has 0 bridgehead atoms. The fourth-order valence-corrected chi connectivity index (χ4v) is 4.45. The van der Waals surface area contributed by atoms with Gasteiger partial charge in [0.2, 0.25) is 0 Å². The highest BCUT2D eigenvalue weighted by molar-refractivity contribution is 9.11. The molecule has 0 aliphatic heterocycles. The number of nitrogens with two attached hydrogens (primary N) is 1. The summed E-state index contributed by atoms with van der Waals surface area (Å²) >= 11 is 7.28. The van der Waals surface area contributed by atoms with E-state index in [0.29, 0.717) is 18.6 Å². The van der Waals surface area contributed by atoms with Crippen LogP contribution in [0.5, 0.6) is 5.75 Å². The molecule has 2 rings (SSSR count). The van der Waals surface area contributed by atoms with Crippen LogP contribution in [0.15, 0.2) is 21.1 Å². The maximum atomic E-state index is 6.33. The number of benzene rings is 1. The number of hydrogen-bond acceptors (Lipinski definition) is 2. The van der Waals surface area contributed by atoms with Gasteiger partial charge in [-0.05, 0) is 94.1 Å². The van der Waals surface area contributed by atoms with Crippen LogP contribution in [0, 0.1) is 5.92 Å². The van der Waals surface area contributed by atoms with Crippen molar-refractivity contribution in [3.63, 3.8) is 0 Å². The maximum Gasteiger partial charge on any atom is 0.148 e. The lowest BCUT2D eigenvalue weighted by Gasteiger charge is -2.32. The van der Waals surface area contributed by atoms with E-state index in [4.69, 9.17) is 10.5 Å². The van der Waals surface area contributed by atoms with Crippen molar-refractivity contribution in [2.24, 2.45) is 11.7 Å². The largest absolute Gasteiger partial charge is 0.488 e. The summed E-state index contributed by atoms with van der Waals surface area (Å²) in [6, 6.07) is 4.24. The van der Waals surface area contributed by atoms with Crippen molar-refractivity contribution in [2.75, 3.05) is 6.54 Å². The van der Waals surface area contributed by atoms with E-state index in [1.54, 1.807) is 0 Å². The standard InChI is InChI=1S/C16H23Br2NO/c1-2-12-5-3-4-6-15(12)20-16-13(17)9-11(7-8-19)10-14(16)18/h9-10,12,15H,2-8,19H2,1H3. The molecule has 1 fully saturated rings. The summed E-state index contributed by atoms with van der Waals surface area (Å²) in [5, 5.41) is 0. The van der Waals surface area contributed by atoms with Crippen LogP contribution in [-0.2, 0) is 6.42 Å². The van der Waals surface area contributed by atoms with Gasteiger partial charge in [0.05, 0.1) is 8.95 Å². The molecule has 2 atom stereocenters. The molecule has 2 N–H and O–H groups in total. The molecule has 0 spiro atoms. The van der Waals surface area contributed by atoms with Gasteiger partial charge in [-0.25, -0.2) is 0 Å². The molecule has 0 aromatic heterocycles. The lowest BCUT2D eigenvalue weighted by molar-refractivity contribution is 0.0889. The summed E-state index contributed by atoms with van der Waals surface area (Å²) in [6.07, 6.45) is 7.52. The summed E-state index contributed by atoms with van der Waals surface area (Å²) < 4.78 is 8.38. The maximum absolute atomic E-state index is 6.33. The molecule has 2 nitrogen and oxygen atoms in total. The topological polar surface area (TPSA) is 35.2 Å². The van der Waals surface area contributed by atoms with Crippen molar-refractivity contribution in [3.05, 3.63) is 26.6 Å². The van der Waals surface area contributed by atoms with Gasteiger partial charge in [-0.15, -0.1) is 0 Å². The molecule has 1 saturated carbocycles. The molecule has 2 unspecified atom stereocenters. The summed E-state index contributed by atoms with van der Waals surface area (Å²) in [5.74, 6) is 1.63. The second-order valence-corrected chi connectivity index (χ2v) is 7.25. The average molecular weight is 405 g/mol. The Bertz CT molecular complexity index is 427. The van der Waals surface area contributed by atoms with Crippen LogP contribution in [0.3, 0.4) is 0 Å². The Balaban J connectivity index is 2.15. The zero-order valence-corrected chi connectivity index (χ0v) is 15.2. The average Bonchev–Trinajstić information content (AvgIpc) is 2.43. The number of rotatable bonds is 5. The lowest BCUT2D eigenvalue weighted by atomic mass is 9.85. The first-order valence-corrected chi connectivity index (χ1v) is 9.09. The van der Waals surface area contributed by atoms with Gasteiger partial charge in [-0.2, -0.15) is 0 Å². The van der Waals surface area contributed by atoms with Crippen LogP contribution >= 0.6 is 31.9 Å². The Morgan fingerprint density at radius 2 is 1.85 bits per heavy atom. The summed E-state index contributed by atoms with van der Waals surface area (Å²) in [4.78, 5) is 0. The molecule has 1 aliphatic rings. The minimum atomic E-state index is 0.349. The number of hydrogen-bond donors (Lipinski definition) is 1. The van der Waals surface area contributed by atoms with Gasteiger partial charge >= 0.3 is 0 Å². The Kier molecular flexibility index (Phi) is 6.37. The molecule has 4 heteroatoms. The van der Waals surface area contributed by atoms with E-state index >= 15 is 0 Å². The highest BCUT2D eigenvalue weighted by Gasteiger charge is 2.26. The van der Waals surface area contributed by atoms with Gasteiger partial charge in [0.1, 0.15) is 11.9 Å². The van der Waals surface area contributed by atoms with Crippen LogP contribution in [0.4, 0.5) is 0 Å². The zero-order valence-electron chi connectivity index (χ0n) is 12.0. The van der Waals surface area contributed by atoms with Gasteiger partial charge in [0.25, 0.3) is 0 Å². The summed E-state index contributed by atoms with van der Waals surface area (Å²) in [6.45, 7) is 2.93. The summed E-state index contributed by atoms with van der Waals surface area (Å²) in [5.41, 5.74) is 6.85. The van der Waals surface area contributed by atoms with Crippen LogP contribution < -0.4 is 10.5 Å². The molecule has 0 saturated heterocycles. The summed E-state index contributed by atoms with van der Waals surface area (Å²) in [7, 11) is 0. The predicted octanol–water partition coefficient (Wildman–Crippen LogP) is 5.06. The highest BCUT2D eigenvalue weighted by Crippen LogP contribution is 2.39. The third-order valence-corrected chi connectivity index (χ3v) is 5.30. The Labute approximate surface area is 138 Å². The lowest BCUT2D eigenvalue weighted by Crippen LogP contribution is -2.30. The molecule has 0 radical (unpaired) electrons. The number of halogens is 2. The Morgan fingerprint density at radius 1 is 1.20 bits per heavy atom. The van der Waals surface area contributed by atoms with Crippen LogP contribution in [0.2, 0.25) is 0 Å². The Hall–Kier alpha value is -0.0600.